The van der Waals surface area contributed by atoms with E-state index in [1.165, 1.54) is 16.7 Å². The van der Waals surface area contributed by atoms with Crippen molar-refractivity contribution in [1.82, 2.24) is 0 Å². The van der Waals surface area contributed by atoms with Crippen molar-refractivity contribution in [2.45, 2.75) is 3.74 Å². The van der Waals surface area contributed by atoms with E-state index in [0.717, 1.165) is 4.47 Å². The topological polar surface area (TPSA) is 0 Å². The SMILES string of the molecule is Brc1ccc(-c2ccccc2C(Br)Br)cc1. The molecule has 3 heteroatoms. The van der Waals surface area contributed by atoms with Crippen LogP contribution in [0.3, 0.4) is 0 Å². The molecule has 16 heavy (non-hydrogen) atoms. The molecule has 0 fully saturated rings. The largest absolute Gasteiger partial charge is 0.0952 e. The van der Waals surface area contributed by atoms with Crippen molar-refractivity contribution < 1.29 is 0 Å². The lowest BCUT2D eigenvalue weighted by atomic mass is 10.0. The van der Waals surface area contributed by atoms with Crippen LogP contribution in [0.15, 0.2) is 53.0 Å². The maximum absolute atomic E-state index is 3.55. The molecule has 0 atom stereocenters. The molecule has 2 rings (SSSR count). The fraction of sp³-hybridized carbons (Fsp3) is 0.0769. The first-order chi connectivity index (χ1) is 7.68. The molecule has 0 unspecified atom stereocenters. The minimum absolute atomic E-state index is 0.180. The summed E-state index contributed by atoms with van der Waals surface area (Å²) in [5.41, 5.74) is 3.71. The minimum atomic E-state index is 0.180. The fourth-order valence-corrected chi connectivity index (χ4v) is 2.64. The molecule has 0 radical (unpaired) electrons. The molecule has 0 aliphatic heterocycles. The molecular weight excluding hydrogens is 396 g/mol. The molecule has 2 aromatic carbocycles. The van der Waals surface area contributed by atoms with Crippen LogP contribution in [-0.2, 0) is 0 Å². The number of benzene rings is 2. The third-order valence-electron chi connectivity index (χ3n) is 2.35. The molecule has 82 valence electrons. The van der Waals surface area contributed by atoms with Gasteiger partial charge in [0.15, 0.2) is 0 Å². The monoisotopic (exact) mass is 402 g/mol. The van der Waals surface area contributed by atoms with Crippen LogP contribution in [0.1, 0.15) is 9.30 Å². The molecule has 0 bridgehead atoms. The van der Waals surface area contributed by atoms with Gasteiger partial charge in [-0.05, 0) is 28.8 Å². The van der Waals surface area contributed by atoms with E-state index in [1.807, 2.05) is 6.07 Å². The Morgan fingerprint density at radius 2 is 1.44 bits per heavy atom. The summed E-state index contributed by atoms with van der Waals surface area (Å²) in [6.07, 6.45) is 0. The normalized spacial score (nSPS) is 10.8. The maximum atomic E-state index is 3.55. The lowest BCUT2D eigenvalue weighted by molar-refractivity contribution is 1.41. The van der Waals surface area contributed by atoms with Crippen molar-refractivity contribution in [3.8, 4) is 11.1 Å². The Morgan fingerprint density at radius 3 is 2.06 bits per heavy atom. The highest BCUT2D eigenvalue weighted by molar-refractivity contribution is 9.24. The Balaban J connectivity index is 2.51. The van der Waals surface area contributed by atoms with Gasteiger partial charge >= 0.3 is 0 Å². The first-order valence-electron chi connectivity index (χ1n) is 4.81. The number of rotatable bonds is 2. The van der Waals surface area contributed by atoms with Gasteiger partial charge in [0.2, 0.25) is 0 Å². The molecule has 0 aliphatic carbocycles. The summed E-state index contributed by atoms with van der Waals surface area (Å²) in [6, 6.07) is 16.7. The fourth-order valence-electron chi connectivity index (χ4n) is 1.58. The Kier molecular flexibility index (Phi) is 4.22. The molecule has 0 amide bonds. The summed E-state index contributed by atoms with van der Waals surface area (Å²) >= 11 is 10.6. The van der Waals surface area contributed by atoms with Gasteiger partial charge in [-0.25, -0.2) is 0 Å². The first kappa shape index (κ1) is 12.3. The van der Waals surface area contributed by atoms with Crippen LogP contribution in [0.2, 0.25) is 0 Å². The third-order valence-corrected chi connectivity index (χ3v) is 3.87. The number of hydrogen-bond donors (Lipinski definition) is 0. The predicted octanol–water partition coefficient (Wildman–Crippen LogP) is 5.90. The standard InChI is InChI=1S/C13H9Br3/c14-10-7-5-9(6-8-10)11-3-1-2-4-12(11)13(15)16/h1-8,13H. The van der Waals surface area contributed by atoms with Crippen molar-refractivity contribution in [3.05, 3.63) is 58.6 Å². The van der Waals surface area contributed by atoms with Crippen molar-refractivity contribution in [3.63, 3.8) is 0 Å². The van der Waals surface area contributed by atoms with E-state index in [0.29, 0.717) is 0 Å². The summed E-state index contributed by atoms with van der Waals surface area (Å²) in [6.45, 7) is 0. The minimum Gasteiger partial charge on any atom is -0.0712 e. The van der Waals surface area contributed by atoms with Crippen LogP contribution < -0.4 is 0 Å². The molecule has 0 spiro atoms. The number of hydrogen-bond acceptors (Lipinski definition) is 0. The summed E-state index contributed by atoms with van der Waals surface area (Å²) < 4.78 is 1.28. The van der Waals surface area contributed by atoms with Gasteiger partial charge in [0.25, 0.3) is 0 Å². The highest BCUT2D eigenvalue weighted by atomic mass is 79.9. The van der Waals surface area contributed by atoms with Crippen LogP contribution in [0.5, 0.6) is 0 Å². The predicted molar refractivity (Wildman–Crippen MR) is 80.2 cm³/mol. The number of halogens is 3. The van der Waals surface area contributed by atoms with Crippen molar-refractivity contribution in [2.24, 2.45) is 0 Å². The molecule has 0 saturated carbocycles. The average Bonchev–Trinajstić information content (AvgIpc) is 2.30. The van der Waals surface area contributed by atoms with Gasteiger partial charge < -0.3 is 0 Å². The van der Waals surface area contributed by atoms with Gasteiger partial charge in [-0.3, -0.25) is 0 Å². The Labute approximate surface area is 120 Å². The van der Waals surface area contributed by atoms with E-state index in [1.54, 1.807) is 0 Å². The Hall–Kier alpha value is -0.120. The molecule has 2 aromatic rings. The maximum Gasteiger partial charge on any atom is 0.0952 e. The summed E-state index contributed by atoms with van der Waals surface area (Å²) in [4.78, 5) is 0. The van der Waals surface area contributed by atoms with Gasteiger partial charge in [0, 0.05) is 4.47 Å². The van der Waals surface area contributed by atoms with Gasteiger partial charge in [-0.1, -0.05) is 84.2 Å². The van der Waals surface area contributed by atoms with Gasteiger partial charge in [-0.15, -0.1) is 0 Å². The quantitative estimate of drug-likeness (QED) is 0.546. The van der Waals surface area contributed by atoms with Crippen LogP contribution >= 0.6 is 47.8 Å². The lowest BCUT2D eigenvalue weighted by Gasteiger charge is -2.10. The van der Waals surface area contributed by atoms with E-state index in [4.69, 9.17) is 0 Å². The summed E-state index contributed by atoms with van der Waals surface area (Å²) in [5, 5.41) is 0. The molecule has 0 N–H and O–H groups in total. The van der Waals surface area contributed by atoms with E-state index in [2.05, 4.69) is 90.3 Å². The zero-order valence-electron chi connectivity index (χ0n) is 8.33. The van der Waals surface area contributed by atoms with E-state index in [9.17, 15) is 0 Å². The molecule has 0 nitrogen and oxygen atoms in total. The number of alkyl halides is 2. The van der Waals surface area contributed by atoms with Crippen LogP contribution in [0, 0.1) is 0 Å². The van der Waals surface area contributed by atoms with Crippen LogP contribution in [-0.4, -0.2) is 0 Å². The molecule has 0 saturated heterocycles. The Morgan fingerprint density at radius 1 is 0.812 bits per heavy atom. The third kappa shape index (κ3) is 2.76. The smallest absolute Gasteiger partial charge is 0.0712 e. The molecular formula is C13H9Br3. The first-order valence-corrected chi connectivity index (χ1v) is 7.44. The summed E-state index contributed by atoms with van der Waals surface area (Å²) in [5.74, 6) is 0. The average molecular weight is 405 g/mol. The highest BCUT2D eigenvalue weighted by Crippen LogP contribution is 2.36. The molecule has 0 heterocycles. The van der Waals surface area contributed by atoms with Crippen molar-refractivity contribution >= 4 is 47.8 Å². The van der Waals surface area contributed by atoms with E-state index < -0.39 is 0 Å². The van der Waals surface area contributed by atoms with Gasteiger partial charge in [0.05, 0.1) is 3.74 Å². The lowest BCUT2D eigenvalue weighted by Crippen LogP contribution is -1.87. The van der Waals surface area contributed by atoms with E-state index >= 15 is 0 Å². The van der Waals surface area contributed by atoms with Crippen molar-refractivity contribution in [1.29, 1.82) is 0 Å². The second-order valence-electron chi connectivity index (χ2n) is 3.39. The van der Waals surface area contributed by atoms with Crippen molar-refractivity contribution in [2.75, 3.05) is 0 Å². The zero-order chi connectivity index (χ0) is 11.5. The molecule has 0 aromatic heterocycles. The zero-order valence-corrected chi connectivity index (χ0v) is 13.1. The second kappa shape index (κ2) is 5.48. The van der Waals surface area contributed by atoms with Gasteiger partial charge in [-0.2, -0.15) is 0 Å². The van der Waals surface area contributed by atoms with Crippen LogP contribution in [0.4, 0.5) is 0 Å². The van der Waals surface area contributed by atoms with Crippen LogP contribution in [0.25, 0.3) is 11.1 Å². The highest BCUT2D eigenvalue weighted by Gasteiger charge is 2.09. The van der Waals surface area contributed by atoms with Gasteiger partial charge in [0.1, 0.15) is 0 Å². The molecule has 0 aliphatic rings. The Bertz CT molecular complexity index is 475. The van der Waals surface area contributed by atoms with E-state index in [-0.39, 0.29) is 3.74 Å². The summed E-state index contributed by atoms with van der Waals surface area (Å²) in [7, 11) is 0. The second-order valence-corrected chi connectivity index (χ2v) is 7.37.